The van der Waals surface area contributed by atoms with E-state index in [9.17, 15) is 0 Å². The summed E-state index contributed by atoms with van der Waals surface area (Å²) in [5, 5.41) is 2.88. The lowest BCUT2D eigenvalue weighted by molar-refractivity contribution is 0.303. The van der Waals surface area contributed by atoms with Crippen molar-refractivity contribution in [3.63, 3.8) is 0 Å². The van der Waals surface area contributed by atoms with Crippen molar-refractivity contribution in [2.24, 2.45) is 5.84 Å². The first-order chi connectivity index (χ1) is 10.4. The minimum absolute atomic E-state index is 0.370. The zero-order valence-corrected chi connectivity index (χ0v) is 12.1. The van der Waals surface area contributed by atoms with Crippen molar-refractivity contribution < 1.29 is 4.74 Å². The lowest BCUT2D eigenvalue weighted by Gasteiger charge is -2.08. The van der Waals surface area contributed by atoms with Crippen LogP contribution in [0.5, 0.6) is 5.88 Å². The highest BCUT2D eigenvalue weighted by Gasteiger charge is 2.09. The molecule has 108 valence electrons. The smallest absolute Gasteiger partial charge is 0.241 e. The van der Waals surface area contributed by atoms with Crippen LogP contribution in [0.2, 0.25) is 0 Å². The number of nitrogens with two attached hydrogens (primary N) is 1. The maximum Gasteiger partial charge on any atom is 0.241 e. The van der Waals surface area contributed by atoms with Crippen LogP contribution in [0.15, 0.2) is 36.0 Å². The molecule has 6 nitrogen and oxygen atoms in total. The molecule has 0 amide bonds. The molecule has 0 aliphatic carbocycles. The molecule has 3 rings (SSSR count). The van der Waals surface area contributed by atoms with Gasteiger partial charge in [0.05, 0.1) is 12.0 Å². The zero-order chi connectivity index (χ0) is 14.5. The van der Waals surface area contributed by atoms with Crippen LogP contribution in [-0.2, 0) is 6.42 Å². The molecule has 0 unspecified atom stereocenters. The van der Waals surface area contributed by atoms with Gasteiger partial charge in [-0.05, 0) is 42.0 Å². The number of aryl methyl sites for hydroxylation is 1. The number of anilines is 1. The average Bonchev–Trinajstić information content (AvgIpc) is 3.00. The fraction of sp³-hybridized carbons (Fsp3) is 0.214. The molecule has 7 heteroatoms. The van der Waals surface area contributed by atoms with Gasteiger partial charge in [-0.1, -0.05) is 0 Å². The largest absolute Gasteiger partial charge is 0.477 e. The Bertz CT molecular complexity index is 716. The van der Waals surface area contributed by atoms with Crippen LogP contribution in [0.3, 0.4) is 0 Å². The summed E-state index contributed by atoms with van der Waals surface area (Å²) in [6.45, 7) is 0.592. The number of nitrogens with one attached hydrogen (secondary N) is 1. The van der Waals surface area contributed by atoms with Crippen LogP contribution in [0, 0.1) is 0 Å². The Hall–Kier alpha value is -2.25. The third-order valence-electron chi connectivity index (χ3n) is 3.02. The topological polar surface area (TPSA) is 86.0 Å². The Morgan fingerprint density at radius 2 is 2.05 bits per heavy atom. The number of hydrazine groups is 1. The van der Waals surface area contributed by atoms with Gasteiger partial charge in [0.2, 0.25) is 11.8 Å². The molecule has 0 bridgehead atoms. The Morgan fingerprint density at radius 3 is 2.86 bits per heavy atom. The van der Waals surface area contributed by atoms with E-state index in [1.165, 1.54) is 16.9 Å². The van der Waals surface area contributed by atoms with E-state index in [0.29, 0.717) is 18.4 Å². The quantitative estimate of drug-likeness (QED) is 0.413. The van der Waals surface area contributed by atoms with Crippen LogP contribution >= 0.6 is 11.3 Å². The van der Waals surface area contributed by atoms with Gasteiger partial charge in [-0.2, -0.15) is 4.98 Å². The molecule has 3 heterocycles. The molecule has 0 aliphatic rings. The number of hydrogen-bond acceptors (Lipinski definition) is 7. The van der Waals surface area contributed by atoms with Crippen LogP contribution in [0.1, 0.15) is 12.0 Å². The normalized spacial score (nSPS) is 10.7. The van der Waals surface area contributed by atoms with E-state index >= 15 is 0 Å². The molecule has 3 aromatic heterocycles. The minimum atomic E-state index is 0.370. The fourth-order valence-corrected chi connectivity index (χ4v) is 2.75. The van der Waals surface area contributed by atoms with E-state index in [-0.39, 0.29) is 0 Å². The van der Waals surface area contributed by atoms with Crippen molar-refractivity contribution in [3.05, 3.63) is 41.5 Å². The van der Waals surface area contributed by atoms with Crippen molar-refractivity contribution in [1.29, 1.82) is 0 Å². The van der Waals surface area contributed by atoms with Crippen molar-refractivity contribution in [2.75, 3.05) is 12.0 Å². The average molecular weight is 301 g/mol. The maximum atomic E-state index is 5.79. The van der Waals surface area contributed by atoms with Crippen molar-refractivity contribution in [1.82, 2.24) is 15.0 Å². The summed E-state index contributed by atoms with van der Waals surface area (Å²) in [4.78, 5) is 13.4. The zero-order valence-electron chi connectivity index (χ0n) is 11.3. The molecule has 21 heavy (non-hydrogen) atoms. The van der Waals surface area contributed by atoms with Crippen LogP contribution < -0.4 is 16.0 Å². The first-order valence-electron chi connectivity index (χ1n) is 6.60. The summed E-state index contributed by atoms with van der Waals surface area (Å²) in [5.74, 6) is 6.32. The standard InChI is InChI=1S/C14H15N5OS/c15-19-14-17-12(11-5-9-21-13(11)18-14)20-8-1-2-10-3-6-16-7-4-10/h3-7,9H,1-2,8,15H2,(H,17,18,19). The summed E-state index contributed by atoms with van der Waals surface area (Å²) in [7, 11) is 0. The number of pyridine rings is 1. The molecule has 0 saturated heterocycles. The highest BCUT2D eigenvalue weighted by molar-refractivity contribution is 7.16. The molecule has 0 saturated carbocycles. The van der Waals surface area contributed by atoms with Gasteiger partial charge < -0.3 is 4.74 Å². The lowest BCUT2D eigenvalue weighted by atomic mass is 10.1. The maximum absolute atomic E-state index is 5.79. The van der Waals surface area contributed by atoms with Crippen LogP contribution in [-0.4, -0.2) is 21.6 Å². The summed E-state index contributed by atoms with van der Waals surface area (Å²) in [6, 6.07) is 5.98. The number of hydrogen-bond donors (Lipinski definition) is 2. The number of aromatic nitrogens is 3. The SMILES string of the molecule is NNc1nc(OCCCc2ccncc2)c2ccsc2n1. The second kappa shape index (κ2) is 6.47. The molecule has 3 N–H and O–H groups in total. The molecular formula is C14H15N5OS. The highest BCUT2D eigenvalue weighted by atomic mass is 32.1. The van der Waals surface area contributed by atoms with E-state index in [4.69, 9.17) is 10.6 Å². The van der Waals surface area contributed by atoms with Gasteiger partial charge in [0.1, 0.15) is 4.83 Å². The number of thiophene rings is 1. The van der Waals surface area contributed by atoms with Crippen molar-refractivity contribution in [3.8, 4) is 5.88 Å². The van der Waals surface area contributed by atoms with Gasteiger partial charge in [0.15, 0.2) is 0 Å². The van der Waals surface area contributed by atoms with Gasteiger partial charge in [-0.3, -0.25) is 10.4 Å². The first kappa shape index (κ1) is 13.7. The number of nitrogens with zero attached hydrogens (tertiary/aromatic N) is 3. The van der Waals surface area contributed by atoms with Gasteiger partial charge in [0, 0.05) is 12.4 Å². The van der Waals surface area contributed by atoms with E-state index in [1.54, 1.807) is 12.4 Å². The van der Waals surface area contributed by atoms with E-state index in [0.717, 1.165) is 23.1 Å². The number of ether oxygens (including phenoxy) is 1. The summed E-state index contributed by atoms with van der Waals surface area (Å²) in [6.07, 6.45) is 5.46. The van der Waals surface area contributed by atoms with Gasteiger partial charge in [-0.25, -0.2) is 10.8 Å². The van der Waals surface area contributed by atoms with Gasteiger partial charge >= 0.3 is 0 Å². The Labute approximate surface area is 126 Å². The lowest BCUT2D eigenvalue weighted by Crippen LogP contribution is -2.11. The number of rotatable bonds is 6. The monoisotopic (exact) mass is 301 g/mol. The van der Waals surface area contributed by atoms with E-state index in [2.05, 4.69) is 20.4 Å². The molecule has 0 spiro atoms. The van der Waals surface area contributed by atoms with Crippen LogP contribution in [0.25, 0.3) is 10.2 Å². The summed E-state index contributed by atoms with van der Waals surface area (Å²) in [5.41, 5.74) is 3.71. The second-order valence-electron chi connectivity index (χ2n) is 4.44. The second-order valence-corrected chi connectivity index (χ2v) is 5.34. The minimum Gasteiger partial charge on any atom is -0.477 e. The van der Waals surface area contributed by atoms with Gasteiger partial charge in [-0.15, -0.1) is 11.3 Å². The summed E-state index contributed by atoms with van der Waals surface area (Å²) < 4.78 is 5.79. The van der Waals surface area contributed by atoms with E-state index < -0.39 is 0 Å². The predicted octanol–water partition coefficient (Wildman–Crippen LogP) is 2.38. The van der Waals surface area contributed by atoms with Crippen molar-refractivity contribution >= 4 is 27.5 Å². The first-order valence-corrected chi connectivity index (χ1v) is 7.48. The molecule has 3 aromatic rings. The predicted molar refractivity (Wildman–Crippen MR) is 83.3 cm³/mol. The van der Waals surface area contributed by atoms with Gasteiger partial charge in [0.25, 0.3) is 0 Å². The Balaban J connectivity index is 1.63. The Morgan fingerprint density at radius 1 is 1.19 bits per heavy atom. The third kappa shape index (κ3) is 3.26. The van der Waals surface area contributed by atoms with Crippen molar-refractivity contribution in [2.45, 2.75) is 12.8 Å². The fourth-order valence-electron chi connectivity index (χ4n) is 2.00. The number of nitrogen functional groups attached to an aromatic ring is 1. The molecule has 0 aromatic carbocycles. The molecule has 0 radical (unpaired) electrons. The van der Waals surface area contributed by atoms with Crippen LogP contribution in [0.4, 0.5) is 5.95 Å². The molecule has 0 aliphatic heterocycles. The molecular weight excluding hydrogens is 286 g/mol. The molecule has 0 atom stereocenters. The molecule has 0 fully saturated rings. The summed E-state index contributed by atoms with van der Waals surface area (Å²) >= 11 is 1.53. The number of fused-ring (bicyclic) bond motifs is 1. The highest BCUT2D eigenvalue weighted by Crippen LogP contribution is 2.27. The van der Waals surface area contributed by atoms with E-state index in [1.807, 2.05) is 23.6 Å². The third-order valence-corrected chi connectivity index (χ3v) is 3.82. The Kier molecular flexibility index (Phi) is 4.23.